The monoisotopic (exact) mass is 398 g/mol. The summed E-state index contributed by atoms with van der Waals surface area (Å²) < 4.78 is 11.2. The van der Waals surface area contributed by atoms with Crippen molar-refractivity contribution >= 4 is 11.9 Å². The van der Waals surface area contributed by atoms with Crippen LogP contribution in [0.25, 0.3) is 0 Å². The summed E-state index contributed by atoms with van der Waals surface area (Å²) in [5.74, 6) is 2.05. The molecule has 2 aromatic rings. The first-order valence-corrected chi connectivity index (χ1v) is 9.71. The van der Waals surface area contributed by atoms with Gasteiger partial charge in [-0.15, -0.1) is 0 Å². The van der Waals surface area contributed by atoms with Crippen LogP contribution in [0.3, 0.4) is 0 Å². The smallest absolute Gasteiger partial charge is 0.251 e. The van der Waals surface area contributed by atoms with Crippen LogP contribution in [0.4, 0.5) is 0 Å². The number of nitrogens with one attached hydrogen (secondary N) is 3. The molecule has 3 N–H and O–H groups in total. The molecule has 0 aliphatic carbocycles. The maximum absolute atomic E-state index is 12.0. The van der Waals surface area contributed by atoms with Gasteiger partial charge in [-0.05, 0) is 37.6 Å². The number of rotatable bonds is 10. The Labute approximate surface area is 172 Å². The Morgan fingerprint density at radius 1 is 0.966 bits per heavy atom. The number of hydrogen-bond donors (Lipinski definition) is 3. The van der Waals surface area contributed by atoms with Crippen LogP contribution in [-0.4, -0.2) is 51.8 Å². The normalized spacial score (nSPS) is 12.0. The van der Waals surface area contributed by atoms with Gasteiger partial charge in [-0.3, -0.25) is 9.79 Å². The Kier molecular flexibility index (Phi) is 9.35. The molecule has 29 heavy (non-hydrogen) atoms. The minimum absolute atomic E-state index is 0.0598. The molecule has 2 aromatic carbocycles. The van der Waals surface area contributed by atoms with Crippen LogP contribution >= 0.6 is 0 Å². The number of methoxy groups -OCH3 is 1. The summed E-state index contributed by atoms with van der Waals surface area (Å²) in [6.07, 6.45) is 0.710. The summed E-state index contributed by atoms with van der Waals surface area (Å²) in [5, 5.41) is 9.38. The molecule has 156 valence electrons. The van der Waals surface area contributed by atoms with Gasteiger partial charge in [-0.1, -0.05) is 30.3 Å². The first-order valence-electron chi connectivity index (χ1n) is 9.71. The van der Waals surface area contributed by atoms with Crippen LogP contribution in [0.15, 0.2) is 59.6 Å². The lowest BCUT2D eigenvalue weighted by atomic mass is 10.2. The predicted molar refractivity (Wildman–Crippen MR) is 116 cm³/mol. The maximum atomic E-state index is 12.0. The Hall–Kier alpha value is -3.22. The van der Waals surface area contributed by atoms with E-state index in [2.05, 4.69) is 20.9 Å². The highest BCUT2D eigenvalue weighted by Crippen LogP contribution is 2.26. The standard InChI is InChI=1S/C22H30N4O3/c1-17(29-20-13-8-7-12-19(20)28-3)16-26-22(23-2)25-15-9-14-24-21(27)18-10-5-4-6-11-18/h4-8,10-13,17H,9,14-16H2,1-3H3,(H,24,27)(H2,23,25,26). The van der Waals surface area contributed by atoms with E-state index in [9.17, 15) is 4.79 Å². The highest BCUT2D eigenvalue weighted by atomic mass is 16.5. The predicted octanol–water partition coefficient (Wildman–Crippen LogP) is 2.45. The van der Waals surface area contributed by atoms with Gasteiger partial charge in [0.05, 0.1) is 13.7 Å². The molecule has 7 heteroatoms. The van der Waals surface area contributed by atoms with Crippen LogP contribution in [0.5, 0.6) is 11.5 Å². The number of ether oxygens (including phenoxy) is 2. The minimum Gasteiger partial charge on any atom is -0.493 e. The van der Waals surface area contributed by atoms with Crippen LogP contribution in [0.1, 0.15) is 23.7 Å². The molecule has 0 aliphatic heterocycles. The van der Waals surface area contributed by atoms with Crippen LogP contribution in [-0.2, 0) is 0 Å². The van der Waals surface area contributed by atoms with Gasteiger partial charge in [0, 0.05) is 25.7 Å². The fourth-order valence-electron chi connectivity index (χ4n) is 2.62. The van der Waals surface area contributed by atoms with Crippen LogP contribution < -0.4 is 25.4 Å². The van der Waals surface area contributed by atoms with Crippen molar-refractivity contribution in [3.8, 4) is 11.5 Å². The molecule has 0 heterocycles. The van der Waals surface area contributed by atoms with E-state index in [0.717, 1.165) is 6.42 Å². The Bertz CT molecular complexity index is 781. The summed E-state index contributed by atoms with van der Waals surface area (Å²) >= 11 is 0. The average molecular weight is 399 g/mol. The third kappa shape index (κ3) is 7.73. The van der Waals surface area contributed by atoms with E-state index in [1.165, 1.54) is 0 Å². The molecule has 0 saturated carbocycles. The summed E-state index contributed by atoms with van der Waals surface area (Å²) in [5.41, 5.74) is 0.668. The Morgan fingerprint density at radius 3 is 2.31 bits per heavy atom. The first-order chi connectivity index (χ1) is 14.1. The fraction of sp³-hybridized carbons (Fsp3) is 0.364. The third-order valence-corrected chi connectivity index (χ3v) is 4.15. The zero-order valence-electron chi connectivity index (χ0n) is 17.3. The molecule has 2 rings (SSSR count). The lowest BCUT2D eigenvalue weighted by Gasteiger charge is -2.19. The van der Waals surface area contributed by atoms with Crippen molar-refractivity contribution in [3.63, 3.8) is 0 Å². The number of para-hydroxylation sites is 2. The number of hydrogen-bond acceptors (Lipinski definition) is 4. The van der Waals surface area contributed by atoms with Crippen molar-refractivity contribution in [1.82, 2.24) is 16.0 Å². The van der Waals surface area contributed by atoms with Crippen molar-refractivity contribution in [2.75, 3.05) is 33.8 Å². The number of carbonyl (C=O) groups excluding carboxylic acids is 1. The second-order valence-corrected chi connectivity index (χ2v) is 6.43. The van der Waals surface area contributed by atoms with Crippen molar-refractivity contribution < 1.29 is 14.3 Å². The van der Waals surface area contributed by atoms with Crippen molar-refractivity contribution in [3.05, 3.63) is 60.2 Å². The average Bonchev–Trinajstić information content (AvgIpc) is 2.76. The number of nitrogens with zero attached hydrogens (tertiary/aromatic N) is 1. The van der Waals surface area contributed by atoms with E-state index in [1.54, 1.807) is 26.3 Å². The third-order valence-electron chi connectivity index (χ3n) is 4.15. The summed E-state index contributed by atoms with van der Waals surface area (Å²) in [6.45, 7) is 3.84. The number of aliphatic imine (C=N–C) groups is 1. The van der Waals surface area contributed by atoms with E-state index in [1.807, 2.05) is 49.4 Å². The molecule has 0 bridgehead atoms. The lowest BCUT2D eigenvalue weighted by molar-refractivity contribution is 0.0953. The summed E-state index contributed by atoms with van der Waals surface area (Å²) in [4.78, 5) is 16.2. The molecule has 0 saturated heterocycles. The molecule has 0 spiro atoms. The zero-order valence-corrected chi connectivity index (χ0v) is 17.3. The maximum Gasteiger partial charge on any atom is 0.251 e. The molecule has 0 fully saturated rings. The van der Waals surface area contributed by atoms with Gasteiger partial charge < -0.3 is 25.4 Å². The second kappa shape index (κ2) is 12.3. The Balaban J connectivity index is 1.64. The molecule has 0 radical (unpaired) electrons. The SMILES string of the molecule is CN=C(NCCCNC(=O)c1ccccc1)NCC(C)Oc1ccccc1OC. The molecule has 7 nitrogen and oxygen atoms in total. The second-order valence-electron chi connectivity index (χ2n) is 6.43. The van der Waals surface area contributed by atoms with Crippen molar-refractivity contribution in [1.29, 1.82) is 0 Å². The highest BCUT2D eigenvalue weighted by molar-refractivity contribution is 5.94. The van der Waals surface area contributed by atoms with E-state index < -0.39 is 0 Å². The van der Waals surface area contributed by atoms with Gasteiger partial charge in [-0.2, -0.15) is 0 Å². The van der Waals surface area contributed by atoms with E-state index in [4.69, 9.17) is 9.47 Å². The number of amides is 1. The zero-order chi connectivity index (χ0) is 20.9. The van der Waals surface area contributed by atoms with Gasteiger partial charge in [0.15, 0.2) is 17.5 Å². The van der Waals surface area contributed by atoms with Crippen molar-refractivity contribution in [2.24, 2.45) is 4.99 Å². The fourth-order valence-corrected chi connectivity index (χ4v) is 2.62. The Morgan fingerprint density at radius 2 is 1.62 bits per heavy atom. The number of benzene rings is 2. The molecule has 0 aromatic heterocycles. The topological polar surface area (TPSA) is 84.0 Å². The summed E-state index contributed by atoms with van der Waals surface area (Å²) in [7, 11) is 3.34. The lowest BCUT2D eigenvalue weighted by Crippen LogP contribution is -2.42. The van der Waals surface area contributed by atoms with Gasteiger partial charge in [-0.25, -0.2) is 0 Å². The summed E-state index contributed by atoms with van der Waals surface area (Å²) in [6, 6.07) is 16.8. The molecular weight excluding hydrogens is 368 g/mol. The van der Waals surface area contributed by atoms with E-state index in [-0.39, 0.29) is 12.0 Å². The molecule has 1 amide bonds. The molecule has 1 atom stereocenters. The minimum atomic E-state index is -0.0741. The van der Waals surface area contributed by atoms with Crippen molar-refractivity contribution in [2.45, 2.75) is 19.4 Å². The molecular formula is C22H30N4O3. The van der Waals surface area contributed by atoms with E-state index in [0.29, 0.717) is 42.7 Å². The molecule has 0 aliphatic rings. The quantitative estimate of drug-likeness (QED) is 0.325. The first kappa shape index (κ1) is 22.1. The molecule has 1 unspecified atom stereocenters. The van der Waals surface area contributed by atoms with Gasteiger partial charge >= 0.3 is 0 Å². The number of carbonyl (C=O) groups is 1. The van der Waals surface area contributed by atoms with E-state index >= 15 is 0 Å². The van der Waals surface area contributed by atoms with Gasteiger partial charge in [0.1, 0.15) is 6.10 Å². The van der Waals surface area contributed by atoms with Crippen LogP contribution in [0.2, 0.25) is 0 Å². The number of guanidine groups is 1. The highest BCUT2D eigenvalue weighted by Gasteiger charge is 2.09. The van der Waals surface area contributed by atoms with Crippen LogP contribution in [0, 0.1) is 0 Å². The van der Waals surface area contributed by atoms with Gasteiger partial charge in [0.25, 0.3) is 5.91 Å². The largest absolute Gasteiger partial charge is 0.493 e. The van der Waals surface area contributed by atoms with Gasteiger partial charge in [0.2, 0.25) is 0 Å².